The molecule has 5 heteroatoms. The van der Waals surface area contributed by atoms with E-state index in [4.69, 9.17) is 23.2 Å². The maximum Gasteiger partial charge on any atom is 0.0674 e. The SMILES string of the molecule is Clc1ccc(Cn2cc(-c3ccccc3I)cn2)c(Cl)c1. The van der Waals surface area contributed by atoms with Crippen molar-refractivity contribution in [2.45, 2.75) is 6.54 Å². The van der Waals surface area contributed by atoms with Crippen LogP contribution in [0.2, 0.25) is 10.0 Å². The third kappa shape index (κ3) is 3.42. The standard InChI is InChI=1S/C16H11Cl2IN2/c17-13-6-5-11(15(18)7-13)9-21-10-12(8-20-21)14-3-1-2-4-16(14)19/h1-8,10H,9H2. The van der Waals surface area contributed by atoms with Crippen molar-refractivity contribution in [2.75, 3.05) is 0 Å². The maximum absolute atomic E-state index is 6.20. The lowest BCUT2D eigenvalue weighted by Gasteiger charge is -2.05. The van der Waals surface area contributed by atoms with Crippen LogP contribution in [0.4, 0.5) is 0 Å². The van der Waals surface area contributed by atoms with E-state index in [0.29, 0.717) is 16.6 Å². The molecule has 0 atom stereocenters. The first-order valence-electron chi connectivity index (χ1n) is 6.35. The highest BCUT2D eigenvalue weighted by Crippen LogP contribution is 2.25. The summed E-state index contributed by atoms with van der Waals surface area (Å²) in [5.74, 6) is 0. The van der Waals surface area contributed by atoms with Crippen LogP contribution >= 0.6 is 45.8 Å². The normalized spacial score (nSPS) is 10.8. The topological polar surface area (TPSA) is 17.8 Å². The van der Waals surface area contributed by atoms with Crippen LogP contribution < -0.4 is 0 Å². The van der Waals surface area contributed by atoms with Gasteiger partial charge in [-0.15, -0.1) is 0 Å². The van der Waals surface area contributed by atoms with Gasteiger partial charge in [-0.25, -0.2) is 0 Å². The molecule has 0 saturated carbocycles. The molecule has 0 aliphatic carbocycles. The summed E-state index contributed by atoms with van der Waals surface area (Å²) in [5.41, 5.74) is 3.29. The number of halogens is 3. The van der Waals surface area contributed by atoms with Crippen LogP contribution in [0, 0.1) is 3.57 Å². The van der Waals surface area contributed by atoms with Gasteiger partial charge in [-0.3, -0.25) is 4.68 Å². The number of rotatable bonds is 3. The van der Waals surface area contributed by atoms with Crippen molar-refractivity contribution in [3.63, 3.8) is 0 Å². The molecule has 0 amide bonds. The molecule has 21 heavy (non-hydrogen) atoms. The van der Waals surface area contributed by atoms with Crippen molar-refractivity contribution in [3.8, 4) is 11.1 Å². The first kappa shape index (κ1) is 14.9. The molecule has 0 bridgehead atoms. The lowest BCUT2D eigenvalue weighted by atomic mass is 10.1. The molecule has 0 radical (unpaired) electrons. The molecule has 0 spiro atoms. The Morgan fingerprint density at radius 2 is 1.90 bits per heavy atom. The number of hydrogen-bond donors (Lipinski definition) is 0. The van der Waals surface area contributed by atoms with E-state index in [-0.39, 0.29) is 0 Å². The van der Waals surface area contributed by atoms with E-state index in [0.717, 1.165) is 11.1 Å². The van der Waals surface area contributed by atoms with Gasteiger partial charge >= 0.3 is 0 Å². The molecular formula is C16H11Cl2IN2. The summed E-state index contributed by atoms with van der Waals surface area (Å²) in [6, 6.07) is 13.8. The Balaban J connectivity index is 1.87. The molecule has 0 fully saturated rings. The van der Waals surface area contributed by atoms with E-state index < -0.39 is 0 Å². The highest BCUT2D eigenvalue weighted by molar-refractivity contribution is 14.1. The Kier molecular flexibility index (Phi) is 4.52. The maximum atomic E-state index is 6.20. The Bertz CT molecular complexity index is 783. The van der Waals surface area contributed by atoms with Crippen LogP contribution in [0.15, 0.2) is 54.9 Å². The minimum atomic E-state index is 0.624. The second kappa shape index (κ2) is 6.38. The fourth-order valence-corrected chi connectivity index (χ4v) is 3.28. The molecule has 0 N–H and O–H groups in total. The summed E-state index contributed by atoms with van der Waals surface area (Å²) in [5, 5.41) is 5.72. The minimum absolute atomic E-state index is 0.624. The van der Waals surface area contributed by atoms with Gasteiger partial charge < -0.3 is 0 Å². The van der Waals surface area contributed by atoms with Gasteiger partial charge in [0.15, 0.2) is 0 Å². The van der Waals surface area contributed by atoms with Crippen LogP contribution in [-0.2, 0) is 6.54 Å². The first-order chi connectivity index (χ1) is 10.1. The average Bonchev–Trinajstić information content (AvgIpc) is 2.91. The molecule has 0 unspecified atom stereocenters. The van der Waals surface area contributed by atoms with Crippen LogP contribution in [-0.4, -0.2) is 9.78 Å². The summed E-state index contributed by atoms with van der Waals surface area (Å²) in [6.07, 6.45) is 3.91. The summed E-state index contributed by atoms with van der Waals surface area (Å²) in [7, 11) is 0. The predicted octanol–water partition coefficient (Wildman–Crippen LogP) is 5.51. The van der Waals surface area contributed by atoms with Gasteiger partial charge in [0.05, 0.1) is 12.7 Å². The van der Waals surface area contributed by atoms with Crippen molar-refractivity contribution >= 4 is 45.8 Å². The smallest absolute Gasteiger partial charge is 0.0674 e. The van der Waals surface area contributed by atoms with E-state index in [1.807, 2.05) is 41.3 Å². The van der Waals surface area contributed by atoms with Gasteiger partial charge in [0.2, 0.25) is 0 Å². The predicted molar refractivity (Wildman–Crippen MR) is 95.9 cm³/mol. The van der Waals surface area contributed by atoms with E-state index in [9.17, 15) is 0 Å². The molecule has 1 aromatic heterocycles. The molecule has 0 aliphatic heterocycles. The zero-order chi connectivity index (χ0) is 14.8. The third-order valence-electron chi connectivity index (χ3n) is 3.17. The van der Waals surface area contributed by atoms with E-state index in [1.165, 1.54) is 9.13 Å². The highest BCUT2D eigenvalue weighted by atomic mass is 127. The number of nitrogens with zero attached hydrogens (tertiary/aromatic N) is 2. The lowest BCUT2D eigenvalue weighted by molar-refractivity contribution is 0.687. The molecule has 1 heterocycles. The molecule has 106 valence electrons. The van der Waals surface area contributed by atoms with Crippen molar-refractivity contribution in [3.05, 3.63) is 74.0 Å². The van der Waals surface area contributed by atoms with Crippen LogP contribution in [0.1, 0.15) is 5.56 Å². The Labute approximate surface area is 146 Å². The Hall–Kier alpha value is -1.04. The van der Waals surface area contributed by atoms with Crippen molar-refractivity contribution in [1.82, 2.24) is 9.78 Å². The van der Waals surface area contributed by atoms with Crippen LogP contribution in [0.5, 0.6) is 0 Å². The van der Waals surface area contributed by atoms with E-state index in [2.05, 4.69) is 39.8 Å². The molecular weight excluding hydrogens is 418 g/mol. The van der Waals surface area contributed by atoms with Gasteiger partial charge in [0.1, 0.15) is 0 Å². The quantitative estimate of drug-likeness (QED) is 0.503. The molecule has 3 rings (SSSR count). The fourth-order valence-electron chi connectivity index (χ4n) is 2.11. The number of aromatic nitrogens is 2. The Morgan fingerprint density at radius 3 is 2.67 bits per heavy atom. The van der Waals surface area contributed by atoms with E-state index in [1.54, 1.807) is 6.07 Å². The molecule has 2 nitrogen and oxygen atoms in total. The number of benzene rings is 2. The van der Waals surface area contributed by atoms with Crippen LogP contribution in [0.3, 0.4) is 0 Å². The Morgan fingerprint density at radius 1 is 1.10 bits per heavy atom. The summed E-state index contributed by atoms with van der Waals surface area (Å²) in [4.78, 5) is 0. The molecule has 0 aliphatic rings. The molecule has 3 aromatic rings. The van der Waals surface area contributed by atoms with Gasteiger partial charge in [0, 0.05) is 25.4 Å². The van der Waals surface area contributed by atoms with Gasteiger partial charge in [0.25, 0.3) is 0 Å². The minimum Gasteiger partial charge on any atom is -0.268 e. The van der Waals surface area contributed by atoms with Gasteiger partial charge in [-0.05, 0) is 51.9 Å². The van der Waals surface area contributed by atoms with Gasteiger partial charge in [-0.2, -0.15) is 5.10 Å². The first-order valence-corrected chi connectivity index (χ1v) is 8.18. The van der Waals surface area contributed by atoms with Crippen molar-refractivity contribution in [1.29, 1.82) is 0 Å². The number of hydrogen-bond acceptors (Lipinski definition) is 1. The summed E-state index contributed by atoms with van der Waals surface area (Å²) >= 11 is 14.4. The van der Waals surface area contributed by atoms with Gasteiger partial charge in [-0.1, -0.05) is 47.5 Å². The third-order valence-corrected chi connectivity index (χ3v) is 4.69. The molecule has 2 aromatic carbocycles. The highest BCUT2D eigenvalue weighted by Gasteiger charge is 2.07. The monoisotopic (exact) mass is 428 g/mol. The fraction of sp³-hybridized carbons (Fsp3) is 0.0625. The van der Waals surface area contributed by atoms with E-state index >= 15 is 0 Å². The average molecular weight is 429 g/mol. The largest absolute Gasteiger partial charge is 0.268 e. The van der Waals surface area contributed by atoms with Crippen LogP contribution in [0.25, 0.3) is 11.1 Å². The summed E-state index contributed by atoms with van der Waals surface area (Å²) < 4.78 is 3.09. The van der Waals surface area contributed by atoms with Crippen molar-refractivity contribution < 1.29 is 0 Å². The summed E-state index contributed by atoms with van der Waals surface area (Å²) in [6.45, 7) is 0.624. The second-order valence-electron chi connectivity index (χ2n) is 4.64. The second-order valence-corrected chi connectivity index (χ2v) is 6.65. The zero-order valence-corrected chi connectivity index (χ0v) is 14.6. The molecule has 0 saturated heterocycles. The zero-order valence-electron chi connectivity index (χ0n) is 10.9. The van der Waals surface area contributed by atoms with Crippen molar-refractivity contribution in [2.24, 2.45) is 0 Å². The lowest BCUT2D eigenvalue weighted by Crippen LogP contribution is -2.00.